The monoisotopic (exact) mass is 482 g/mol. The summed E-state index contributed by atoms with van der Waals surface area (Å²) in [6.45, 7) is 2.48. The maximum atomic E-state index is 13.0. The van der Waals surface area contributed by atoms with E-state index in [9.17, 15) is 29.1 Å². The minimum absolute atomic E-state index is 0.0121. The van der Waals surface area contributed by atoms with E-state index in [2.05, 4.69) is 16.0 Å². The first-order valence-electron chi connectivity index (χ1n) is 10.4. The van der Waals surface area contributed by atoms with Gasteiger partial charge < -0.3 is 42.1 Å². The molecule has 1 rings (SSSR count). The number of nitrogens with two attached hydrogens (primary N) is 1. The predicted molar refractivity (Wildman–Crippen MR) is 117 cm³/mol. The molecule has 0 saturated carbocycles. The molecule has 0 aliphatic rings. The highest BCUT2D eigenvalue weighted by Gasteiger charge is 2.32. The SMILES string of the molecule is CC(C)C(NC(=O)C(Cc1ccc(O)cc1)NC(=O)C(N)CO)C(=O)NC(CC(=O)O)C(=O)O. The second kappa shape index (κ2) is 13.1. The Bertz CT molecular complexity index is 889. The minimum atomic E-state index is -1.71. The molecule has 188 valence electrons. The van der Waals surface area contributed by atoms with Gasteiger partial charge in [0.25, 0.3) is 0 Å². The summed E-state index contributed by atoms with van der Waals surface area (Å²) in [5, 5.41) is 43.5. The van der Waals surface area contributed by atoms with Gasteiger partial charge in [0.15, 0.2) is 0 Å². The van der Waals surface area contributed by atoms with Crippen LogP contribution in [0.2, 0.25) is 0 Å². The zero-order valence-electron chi connectivity index (χ0n) is 18.7. The number of amides is 3. The molecule has 0 fully saturated rings. The Hall–Kier alpha value is -3.71. The van der Waals surface area contributed by atoms with Crippen LogP contribution >= 0.6 is 0 Å². The van der Waals surface area contributed by atoms with Gasteiger partial charge in [0.05, 0.1) is 13.0 Å². The van der Waals surface area contributed by atoms with Crippen LogP contribution in [-0.4, -0.2) is 80.9 Å². The molecular formula is C21H30N4O9. The van der Waals surface area contributed by atoms with Crippen molar-refractivity contribution in [2.75, 3.05) is 6.61 Å². The quantitative estimate of drug-likeness (QED) is 0.153. The molecule has 13 heteroatoms. The summed E-state index contributed by atoms with van der Waals surface area (Å²) in [6.07, 6.45) is -0.919. The lowest BCUT2D eigenvalue weighted by molar-refractivity contribution is -0.147. The third-order valence-corrected chi connectivity index (χ3v) is 4.78. The molecule has 0 saturated heterocycles. The lowest BCUT2D eigenvalue weighted by Gasteiger charge is -2.27. The van der Waals surface area contributed by atoms with Crippen molar-refractivity contribution in [3.8, 4) is 5.75 Å². The van der Waals surface area contributed by atoms with E-state index in [-0.39, 0.29) is 12.2 Å². The number of carboxylic acids is 2. The Morgan fingerprint density at radius 2 is 1.44 bits per heavy atom. The number of carbonyl (C=O) groups excluding carboxylic acids is 3. The van der Waals surface area contributed by atoms with E-state index >= 15 is 0 Å². The van der Waals surface area contributed by atoms with Gasteiger partial charge in [-0.2, -0.15) is 0 Å². The molecule has 4 atom stereocenters. The number of phenolic OH excluding ortho intramolecular Hbond substituents is 1. The standard InChI is InChI=1S/C21H30N4O9/c1-10(2)17(20(32)24-15(21(33)34)8-16(28)29)25-19(31)14(23-18(30)13(22)9-26)7-11-3-5-12(27)6-4-11/h3-6,10,13-15,17,26-27H,7-9,22H2,1-2H3,(H,23,30)(H,24,32)(H,25,31)(H,28,29)(H,33,34). The Morgan fingerprint density at radius 1 is 0.882 bits per heavy atom. The number of aromatic hydroxyl groups is 1. The predicted octanol–water partition coefficient (Wildman–Crippen LogP) is -2.08. The van der Waals surface area contributed by atoms with E-state index in [1.54, 1.807) is 13.8 Å². The van der Waals surface area contributed by atoms with E-state index in [1.165, 1.54) is 24.3 Å². The van der Waals surface area contributed by atoms with E-state index in [0.717, 1.165) is 0 Å². The highest BCUT2D eigenvalue weighted by atomic mass is 16.4. The number of aliphatic carboxylic acids is 2. The van der Waals surface area contributed by atoms with E-state index in [0.29, 0.717) is 5.56 Å². The van der Waals surface area contributed by atoms with Gasteiger partial charge in [0.2, 0.25) is 17.7 Å². The first kappa shape index (κ1) is 28.3. The summed E-state index contributed by atoms with van der Waals surface area (Å²) in [5.74, 6) is -6.08. The number of carboxylic acid groups (broad SMARTS) is 2. The third-order valence-electron chi connectivity index (χ3n) is 4.78. The fourth-order valence-electron chi connectivity index (χ4n) is 2.86. The van der Waals surface area contributed by atoms with Gasteiger partial charge >= 0.3 is 11.9 Å². The summed E-state index contributed by atoms with van der Waals surface area (Å²) in [4.78, 5) is 60.0. The number of aliphatic hydroxyl groups is 1. The van der Waals surface area contributed by atoms with Crippen molar-refractivity contribution in [3.05, 3.63) is 29.8 Å². The number of aliphatic hydroxyl groups excluding tert-OH is 1. The van der Waals surface area contributed by atoms with Crippen LogP contribution in [0.25, 0.3) is 0 Å². The lowest BCUT2D eigenvalue weighted by atomic mass is 10.00. The zero-order valence-corrected chi connectivity index (χ0v) is 18.7. The number of rotatable bonds is 13. The Morgan fingerprint density at radius 3 is 1.91 bits per heavy atom. The van der Waals surface area contributed by atoms with Crippen LogP contribution in [0.1, 0.15) is 25.8 Å². The molecule has 9 N–H and O–H groups in total. The number of carbonyl (C=O) groups is 5. The molecule has 0 heterocycles. The number of benzene rings is 1. The second-order valence-electron chi connectivity index (χ2n) is 7.95. The molecule has 1 aromatic carbocycles. The summed E-state index contributed by atoms with van der Waals surface area (Å²) >= 11 is 0. The minimum Gasteiger partial charge on any atom is -0.508 e. The first-order chi connectivity index (χ1) is 15.8. The lowest BCUT2D eigenvalue weighted by Crippen LogP contribution is -2.59. The van der Waals surface area contributed by atoms with Gasteiger partial charge in [-0.25, -0.2) is 4.79 Å². The van der Waals surface area contributed by atoms with Gasteiger partial charge in [-0.05, 0) is 23.6 Å². The smallest absolute Gasteiger partial charge is 0.326 e. The van der Waals surface area contributed by atoms with Crippen LogP contribution in [0.15, 0.2) is 24.3 Å². The molecule has 0 bridgehead atoms. The molecule has 3 amide bonds. The van der Waals surface area contributed by atoms with Gasteiger partial charge in [-0.1, -0.05) is 26.0 Å². The molecule has 0 radical (unpaired) electrons. The number of hydrogen-bond acceptors (Lipinski definition) is 8. The van der Waals surface area contributed by atoms with Crippen molar-refractivity contribution in [3.63, 3.8) is 0 Å². The molecule has 0 aliphatic carbocycles. The topological polar surface area (TPSA) is 228 Å². The van der Waals surface area contributed by atoms with Gasteiger partial charge in [-0.15, -0.1) is 0 Å². The molecule has 0 aromatic heterocycles. The summed E-state index contributed by atoms with van der Waals surface area (Å²) < 4.78 is 0. The number of phenols is 1. The highest BCUT2D eigenvalue weighted by molar-refractivity contribution is 5.94. The molecular weight excluding hydrogens is 452 g/mol. The van der Waals surface area contributed by atoms with Crippen molar-refractivity contribution in [2.24, 2.45) is 11.7 Å². The normalized spacial score (nSPS) is 14.4. The maximum Gasteiger partial charge on any atom is 0.326 e. The van der Waals surface area contributed by atoms with Crippen LogP contribution < -0.4 is 21.7 Å². The number of nitrogens with one attached hydrogen (secondary N) is 3. The van der Waals surface area contributed by atoms with E-state index < -0.39 is 72.8 Å². The van der Waals surface area contributed by atoms with Gasteiger partial charge in [-0.3, -0.25) is 19.2 Å². The summed E-state index contributed by atoms with van der Waals surface area (Å²) in [5.41, 5.74) is 6.05. The third kappa shape index (κ3) is 9.03. The van der Waals surface area contributed by atoms with Crippen molar-refractivity contribution in [2.45, 2.75) is 50.9 Å². The van der Waals surface area contributed by atoms with Gasteiger partial charge in [0.1, 0.15) is 29.9 Å². The molecule has 1 aromatic rings. The van der Waals surface area contributed by atoms with E-state index in [1.807, 2.05) is 0 Å². The average molecular weight is 482 g/mol. The van der Waals surface area contributed by atoms with Crippen molar-refractivity contribution in [1.82, 2.24) is 16.0 Å². The molecule has 0 aliphatic heterocycles. The summed E-state index contributed by atoms with van der Waals surface area (Å²) in [6, 6.07) is 0.291. The fraction of sp³-hybridized carbons (Fsp3) is 0.476. The summed E-state index contributed by atoms with van der Waals surface area (Å²) in [7, 11) is 0. The molecule has 13 nitrogen and oxygen atoms in total. The Labute approximate surface area is 195 Å². The Kier molecular flexibility index (Phi) is 10.9. The Balaban J connectivity index is 3.08. The second-order valence-corrected chi connectivity index (χ2v) is 7.95. The van der Waals surface area contributed by atoms with E-state index in [4.69, 9.17) is 21.1 Å². The van der Waals surface area contributed by atoms with Crippen molar-refractivity contribution >= 4 is 29.7 Å². The first-order valence-corrected chi connectivity index (χ1v) is 10.4. The zero-order chi connectivity index (χ0) is 26.0. The maximum absolute atomic E-state index is 13.0. The van der Waals surface area contributed by atoms with Crippen LogP contribution in [0.3, 0.4) is 0 Å². The number of hydrogen-bond donors (Lipinski definition) is 8. The van der Waals surface area contributed by atoms with Crippen LogP contribution in [0.5, 0.6) is 5.75 Å². The highest BCUT2D eigenvalue weighted by Crippen LogP contribution is 2.12. The van der Waals surface area contributed by atoms with Crippen LogP contribution in [0.4, 0.5) is 0 Å². The average Bonchev–Trinajstić information content (AvgIpc) is 2.76. The fourth-order valence-corrected chi connectivity index (χ4v) is 2.86. The van der Waals surface area contributed by atoms with Crippen molar-refractivity contribution in [1.29, 1.82) is 0 Å². The van der Waals surface area contributed by atoms with Crippen molar-refractivity contribution < 1.29 is 44.4 Å². The van der Waals surface area contributed by atoms with Gasteiger partial charge in [0, 0.05) is 6.42 Å². The largest absolute Gasteiger partial charge is 0.508 e. The molecule has 4 unspecified atom stereocenters. The molecule has 0 spiro atoms. The van der Waals surface area contributed by atoms with Crippen LogP contribution in [-0.2, 0) is 30.4 Å². The molecule has 34 heavy (non-hydrogen) atoms. The van der Waals surface area contributed by atoms with Crippen LogP contribution in [0, 0.1) is 5.92 Å².